The Morgan fingerprint density at radius 1 is 1.00 bits per heavy atom. The Morgan fingerprint density at radius 3 is 2.33 bits per heavy atom. The summed E-state index contributed by atoms with van der Waals surface area (Å²) in [6.45, 7) is 0. The van der Waals surface area contributed by atoms with Crippen LogP contribution in [0.2, 0.25) is 0 Å². The fourth-order valence-corrected chi connectivity index (χ4v) is 2.72. The Bertz CT molecular complexity index is 805. The molecule has 0 bridgehead atoms. The monoisotopic (exact) mass is 373 g/mol. The van der Waals surface area contributed by atoms with Gasteiger partial charge in [0.15, 0.2) is 0 Å². The first-order valence-corrected chi connectivity index (χ1v) is 8.35. The standard InChI is InChI=1S/C20H23NO6/c1-25-15-8-9-18(27-3)16(12-15)21-19(22)11-14(20(23)24)10-13-6-4-5-7-17(13)26-2/h4-9,12,14H,10-11H2,1-3H3,(H,21,22)(H,23,24)/t14-/m1/s1. The van der Waals surface area contributed by atoms with E-state index >= 15 is 0 Å². The second-order valence-electron chi connectivity index (χ2n) is 5.87. The molecule has 2 aromatic rings. The third-order valence-electron chi connectivity index (χ3n) is 4.12. The topological polar surface area (TPSA) is 94.1 Å². The summed E-state index contributed by atoms with van der Waals surface area (Å²) in [5.74, 6) is -0.760. The third kappa shape index (κ3) is 5.37. The van der Waals surface area contributed by atoms with Gasteiger partial charge in [-0.15, -0.1) is 0 Å². The molecule has 1 atom stereocenters. The number of para-hydroxylation sites is 1. The molecule has 0 aliphatic heterocycles. The van der Waals surface area contributed by atoms with Crippen LogP contribution in [0.15, 0.2) is 42.5 Å². The Balaban J connectivity index is 2.13. The number of carboxylic acid groups (broad SMARTS) is 1. The number of benzene rings is 2. The van der Waals surface area contributed by atoms with Gasteiger partial charge in [0.2, 0.25) is 5.91 Å². The predicted octanol–water partition coefficient (Wildman–Crippen LogP) is 2.98. The quantitative estimate of drug-likeness (QED) is 0.702. The van der Waals surface area contributed by atoms with Gasteiger partial charge in [-0.1, -0.05) is 18.2 Å². The van der Waals surface area contributed by atoms with Crippen molar-refractivity contribution < 1.29 is 28.9 Å². The van der Waals surface area contributed by atoms with E-state index in [-0.39, 0.29) is 12.8 Å². The van der Waals surface area contributed by atoms with Gasteiger partial charge in [0, 0.05) is 12.5 Å². The van der Waals surface area contributed by atoms with E-state index in [4.69, 9.17) is 14.2 Å². The van der Waals surface area contributed by atoms with E-state index in [0.29, 0.717) is 22.9 Å². The van der Waals surface area contributed by atoms with Crippen LogP contribution in [0.3, 0.4) is 0 Å². The lowest BCUT2D eigenvalue weighted by Gasteiger charge is -2.16. The smallest absolute Gasteiger partial charge is 0.307 e. The van der Waals surface area contributed by atoms with Crippen molar-refractivity contribution in [2.24, 2.45) is 5.92 Å². The van der Waals surface area contributed by atoms with Crippen molar-refractivity contribution in [3.05, 3.63) is 48.0 Å². The largest absolute Gasteiger partial charge is 0.497 e. The molecule has 0 heterocycles. The molecule has 7 nitrogen and oxygen atoms in total. The maximum absolute atomic E-state index is 12.4. The molecule has 144 valence electrons. The van der Waals surface area contributed by atoms with Crippen LogP contribution in [-0.4, -0.2) is 38.3 Å². The molecule has 27 heavy (non-hydrogen) atoms. The lowest BCUT2D eigenvalue weighted by atomic mass is 9.95. The SMILES string of the molecule is COc1ccc(OC)c(NC(=O)C[C@@H](Cc2ccccc2OC)C(=O)O)c1. The maximum atomic E-state index is 12.4. The normalized spacial score (nSPS) is 11.4. The van der Waals surface area contributed by atoms with E-state index in [1.54, 1.807) is 42.5 Å². The van der Waals surface area contributed by atoms with Gasteiger partial charge in [-0.25, -0.2) is 0 Å². The molecular weight excluding hydrogens is 350 g/mol. The van der Waals surface area contributed by atoms with E-state index in [0.717, 1.165) is 5.56 Å². The van der Waals surface area contributed by atoms with Gasteiger partial charge in [0.25, 0.3) is 0 Å². The molecule has 0 spiro atoms. The highest BCUT2D eigenvalue weighted by Crippen LogP contribution is 2.29. The molecule has 2 rings (SSSR count). The van der Waals surface area contributed by atoms with Crippen molar-refractivity contribution >= 4 is 17.6 Å². The number of methoxy groups -OCH3 is 3. The zero-order valence-electron chi connectivity index (χ0n) is 15.5. The van der Waals surface area contributed by atoms with Crippen molar-refractivity contribution in [3.63, 3.8) is 0 Å². The van der Waals surface area contributed by atoms with Crippen LogP contribution in [-0.2, 0) is 16.0 Å². The minimum atomic E-state index is -1.05. The summed E-state index contributed by atoms with van der Waals surface area (Å²) < 4.78 is 15.6. The first-order chi connectivity index (χ1) is 13.0. The maximum Gasteiger partial charge on any atom is 0.307 e. The van der Waals surface area contributed by atoms with Crippen LogP contribution < -0.4 is 19.5 Å². The van der Waals surface area contributed by atoms with Crippen molar-refractivity contribution in [1.82, 2.24) is 0 Å². The van der Waals surface area contributed by atoms with Crippen molar-refractivity contribution in [1.29, 1.82) is 0 Å². The average Bonchev–Trinajstić information content (AvgIpc) is 2.67. The molecule has 0 fully saturated rings. The Labute approximate surface area is 157 Å². The summed E-state index contributed by atoms with van der Waals surface area (Å²) in [5.41, 5.74) is 1.16. The molecule has 0 saturated heterocycles. The zero-order valence-corrected chi connectivity index (χ0v) is 15.5. The number of amides is 1. The van der Waals surface area contributed by atoms with E-state index in [2.05, 4.69) is 5.32 Å². The molecule has 2 N–H and O–H groups in total. The summed E-state index contributed by atoms with van der Waals surface area (Å²) in [4.78, 5) is 24.1. The second-order valence-corrected chi connectivity index (χ2v) is 5.87. The van der Waals surface area contributed by atoms with Gasteiger partial charge >= 0.3 is 5.97 Å². The van der Waals surface area contributed by atoms with Gasteiger partial charge in [-0.05, 0) is 30.2 Å². The van der Waals surface area contributed by atoms with Crippen LogP contribution in [0.5, 0.6) is 17.2 Å². The van der Waals surface area contributed by atoms with Crippen molar-refractivity contribution in [3.8, 4) is 17.2 Å². The summed E-state index contributed by atoms with van der Waals surface area (Å²) in [7, 11) is 4.52. The van der Waals surface area contributed by atoms with Gasteiger partial charge in [0.1, 0.15) is 17.2 Å². The molecule has 1 amide bonds. The second kappa shape index (κ2) is 9.47. The predicted molar refractivity (Wildman–Crippen MR) is 101 cm³/mol. The lowest BCUT2D eigenvalue weighted by Crippen LogP contribution is -2.24. The average molecular weight is 373 g/mol. The first kappa shape index (κ1) is 20.1. The molecule has 7 heteroatoms. The minimum Gasteiger partial charge on any atom is -0.497 e. The first-order valence-electron chi connectivity index (χ1n) is 8.35. The number of rotatable bonds is 9. The lowest BCUT2D eigenvalue weighted by molar-refractivity contribution is -0.143. The Kier molecular flexibility index (Phi) is 7.05. The minimum absolute atomic E-state index is 0.183. The van der Waals surface area contributed by atoms with E-state index in [9.17, 15) is 14.7 Å². The number of carbonyl (C=O) groups excluding carboxylic acids is 1. The highest BCUT2D eigenvalue weighted by Gasteiger charge is 2.23. The summed E-state index contributed by atoms with van der Waals surface area (Å²) >= 11 is 0. The number of aliphatic carboxylic acids is 1. The molecule has 0 saturated carbocycles. The Hall–Kier alpha value is -3.22. The van der Waals surface area contributed by atoms with Gasteiger partial charge in [-0.2, -0.15) is 0 Å². The molecule has 0 radical (unpaired) electrons. The van der Waals surface area contributed by atoms with Crippen LogP contribution >= 0.6 is 0 Å². The highest BCUT2D eigenvalue weighted by molar-refractivity contribution is 5.94. The van der Waals surface area contributed by atoms with E-state index in [1.807, 2.05) is 0 Å². The summed E-state index contributed by atoms with van der Waals surface area (Å²) in [6.07, 6.45) is -0.00421. The van der Waals surface area contributed by atoms with Gasteiger partial charge in [0.05, 0.1) is 32.9 Å². The number of hydrogen-bond donors (Lipinski definition) is 2. The molecular formula is C20H23NO6. The number of ether oxygens (including phenoxy) is 3. The molecule has 0 aromatic heterocycles. The van der Waals surface area contributed by atoms with Gasteiger partial charge in [-0.3, -0.25) is 9.59 Å². The van der Waals surface area contributed by atoms with Crippen LogP contribution in [0, 0.1) is 5.92 Å². The van der Waals surface area contributed by atoms with Crippen LogP contribution in [0.1, 0.15) is 12.0 Å². The zero-order chi connectivity index (χ0) is 19.8. The van der Waals surface area contributed by atoms with Crippen molar-refractivity contribution in [2.45, 2.75) is 12.8 Å². The third-order valence-corrected chi connectivity index (χ3v) is 4.12. The summed E-state index contributed by atoms with van der Waals surface area (Å²) in [6, 6.07) is 12.1. The number of nitrogens with one attached hydrogen (secondary N) is 1. The van der Waals surface area contributed by atoms with Crippen LogP contribution in [0.4, 0.5) is 5.69 Å². The fraction of sp³-hybridized carbons (Fsp3) is 0.300. The molecule has 0 aliphatic carbocycles. The Morgan fingerprint density at radius 2 is 1.70 bits per heavy atom. The van der Waals surface area contributed by atoms with Gasteiger partial charge < -0.3 is 24.6 Å². The van der Waals surface area contributed by atoms with Crippen molar-refractivity contribution in [2.75, 3.05) is 26.6 Å². The fourth-order valence-electron chi connectivity index (χ4n) is 2.72. The molecule has 0 unspecified atom stereocenters. The van der Waals surface area contributed by atoms with Crippen LogP contribution in [0.25, 0.3) is 0 Å². The van der Waals surface area contributed by atoms with E-state index in [1.165, 1.54) is 21.3 Å². The van der Waals surface area contributed by atoms with E-state index < -0.39 is 17.8 Å². The highest BCUT2D eigenvalue weighted by atomic mass is 16.5. The molecule has 0 aliphatic rings. The number of carboxylic acids is 1. The molecule has 2 aromatic carbocycles. The summed E-state index contributed by atoms with van der Waals surface area (Å²) in [5, 5.41) is 12.2. The number of hydrogen-bond acceptors (Lipinski definition) is 5. The number of anilines is 1. The number of carbonyl (C=O) groups is 2.